The van der Waals surface area contributed by atoms with Gasteiger partial charge in [-0.25, -0.2) is 0 Å². The van der Waals surface area contributed by atoms with E-state index in [9.17, 15) is 0 Å². The number of rotatable bonds is 5. The summed E-state index contributed by atoms with van der Waals surface area (Å²) in [5.74, 6) is 1.10. The predicted octanol–water partition coefficient (Wildman–Crippen LogP) is 5.72. The summed E-state index contributed by atoms with van der Waals surface area (Å²) in [7, 11) is 0. The van der Waals surface area contributed by atoms with E-state index < -0.39 is 0 Å². The van der Waals surface area contributed by atoms with Gasteiger partial charge in [-0.1, -0.05) is 86.8 Å². The number of nitrogens with zero attached hydrogens (tertiary/aromatic N) is 1. The molecule has 1 aliphatic rings. The van der Waals surface area contributed by atoms with E-state index >= 15 is 0 Å². The third-order valence-corrected chi connectivity index (χ3v) is 5.38. The third-order valence-electron chi connectivity index (χ3n) is 5.38. The van der Waals surface area contributed by atoms with Gasteiger partial charge in [0.1, 0.15) is 0 Å². The molecule has 0 aliphatic carbocycles. The van der Waals surface area contributed by atoms with Crippen LogP contribution in [0.5, 0.6) is 0 Å². The predicted molar refractivity (Wildman–Crippen MR) is 103 cm³/mol. The van der Waals surface area contributed by atoms with Crippen molar-refractivity contribution in [1.29, 1.82) is 0 Å². The highest BCUT2D eigenvalue weighted by atomic mass is 15.1. The average molecular weight is 322 g/mol. The van der Waals surface area contributed by atoms with Gasteiger partial charge in [0.05, 0.1) is 0 Å². The monoisotopic (exact) mass is 321 g/mol. The van der Waals surface area contributed by atoms with Crippen LogP contribution in [0.4, 0.5) is 0 Å². The fourth-order valence-electron chi connectivity index (χ4n) is 4.18. The first kappa shape index (κ1) is 17.2. The van der Waals surface area contributed by atoms with E-state index in [4.69, 9.17) is 0 Å². The van der Waals surface area contributed by atoms with Gasteiger partial charge >= 0.3 is 0 Å². The molecule has 0 bridgehead atoms. The molecule has 1 atom stereocenters. The van der Waals surface area contributed by atoms with Crippen LogP contribution in [0.15, 0.2) is 60.7 Å². The molecular weight excluding hydrogens is 290 g/mol. The summed E-state index contributed by atoms with van der Waals surface area (Å²) in [6.45, 7) is 6.19. The van der Waals surface area contributed by atoms with E-state index in [0.717, 1.165) is 0 Å². The molecule has 0 radical (unpaired) electrons. The number of hydrogen-bond donors (Lipinski definition) is 0. The fraction of sp³-hybridized carbons (Fsp3) is 0.478. The molecule has 1 fully saturated rings. The summed E-state index contributed by atoms with van der Waals surface area (Å²) in [6.07, 6.45) is 6.99. The summed E-state index contributed by atoms with van der Waals surface area (Å²) in [4.78, 5) is 2.71. The highest BCUT2D eigenvalue weighted by molar-refractivity contribution is 5.33. The highest BCUT2D eigenvalue weighted by Gasteiger charge is 2.23. The van der Waals surface area contributed by atoms with Crippen LogP contribution < -0.4 is 0 Å². The van der Waals surface area contributed by atoms with Gasteiger partial charge < -0.3 is 4.90 Å². The lowest BCUT2D eigenvalue weighted by Crippen LogP contribution is -2.33. The molecule has 0 amide bonds. The number of likely N-dealkylation sites (tertiary alicyclic amines) is 1. The molecule has 0 saturated carbocycles. The van der Waals surface area contributed by atoms with Crippen molar-refractivity contribution in [1.82, 2.24) is 4.90 Å². The minimum atomic E-state index is 0.484. The Balaban J connectivity index is 1.77. The lowest BCUT2D eigenvalue weighted by atomic mass is 9.81. The Kier molecular flexibility index (Phi) is 6.48. The second-order valence-corrected chi connectivity index (χ2v) is 7.34. The average Bonchev–Trinajstić information content (AvgIpc) is 2.59. The van der Waals surface area contributed by atoms with Crippen molar-refractivity contribution in [2.75, 3.05) is 19.6 Å². The first-order valence-corrected chi connectivity index (χ1v) is 9.67. The van der Waals surface area contributed by atoms with E-state index in [1.165, 1.54) is 62.9 Å². The Hall–Kier alpha value is -1.60. The first-order valence-electron chi connectivity index (χ1n) is 9.67. The SMILES string of the molecule is CC(CN1CCCCCCC1)C(c1ccccc1)c1ccccc1. The summed E-state index contributed by atoms with van der Waals surface area (Å²) in [5.41, 5.74) is 2.89. The molecule has 2 aromatic rings. The standard InChI is InChI=1S/C23H31N/c1-20(19-24-17-11-3-2-4-12-18-24)23(21-13-7-5-8-14-21)22-15-9-6-10-16-22/h5-10,13-16,20,23H,2-4,11-12,17-19H2,1H3. The Morgan fingerprint density at radius 1 is 0.708 bits per heavy atom. The molecule has 0 N–H and O–H groups in total. The molecule has 0 spiro atoms. The molecule has 1 heteroatoms. The molecule has 1 aliphatic heterocycles. The van der Waals surface area contributed by atoms with E-state index in [0.29, 0.717) is 11.8 Å². The van der Waals surface area contributed by atoms with Crippen molar-refractivity contribution >= 4 is 0 Å². The number of benzene rings is 2. The van der Waals surface area contributed by atoms with Crippen molar-refractivity contribution in [3.05, 3.63) is 71.8 Å². The Morgan fingerprint density at radius 3 is 1.67 bits per heavy atom. The minimum Gasteiger partial charge on any atom is -0.303 e. The van der Waals surface area contributed by atoms with Crippen LogP contribution >= 0.6 is 0 Å². The Morgan fingerprint density at radius 2 is 1.17 bits per heavy atom. The number of hydrogen-bond acceptors (Lipinski definition) is 1. The molecule has 128 valence electrons. The van der Waals surface area contributed by atoms with Gasteiger partial charge in [0, 0.05) is 12.5 Å². The van der Waals surface area contributed by atoms with Crippen LogP contribution in [0, 0.1) is 5.92 Å². The summed E-state index contributed by atoms with van der Waals surface area (Å²) in [6, 6.07) is 22.1. The second-order valence-electron chi connectivity index (χ2n) is 7.34. The van der Waals surface area contributed by atoms with Crippen molar-refractivity contribution in [3.63, 3.8) is 0 Å². The molecule has 24 heavy (non-hydrogen) atoms. The van der Waals surface area contributed by atoms with Crippen molar-refractivity contribution in [2.45, 2.75) is 44.9 Å². The zero-order valence-corrected chi connectivity index (χ0v) is 15.0. The molecular formula is C23H31N. The molecule has 2 aromatic carbocycles. The highest BCUT2D eigenvalue weighted by Crippen LogP contribution is 2.32. The fourth-order valence-corrected chi connectivity index (χ4v) is 4.18. The molecule has 1 heterocycles. The van der Waals surface area contributed by atoms with Crippen LogP contribution in [0.25, 0.3) is 0 Å². The molecule has 0 aromatic heterocycles. The molecule has 1 nitrogen and oxygen atoms in total. The Bertz CT molecular complexity index is 530. The van der Waals surface area contributed by atoms with Crippen LogP contribution in [0.2, 0.25) is 0 Å². The molecule has 1 unspecified atom stereocenters. The smallest absolute Gasteiger partial charge is 0.0127 e. The van der Waals surface area contributed by atoms with Crippen molar-refractivity contribution < 1.29 is 0 Å². The normalized spacial score (nSPS) is 18.1. The zero-order valence-electron chi connectivity index (χ0n) is 15.0. The van der Waals surface area contributed by atoms with E-state index in [1.54, 1.807) is 0 Å². The minimum absolute atomic E-state index is 0.484. The topological polar surface area (TPSA) is 3.24 Å². The summed E-state index contributed by atoms with van der Waals surface area (Å²) >= 11 is 0. The van der Waals surface area contributed by atoms with Crippen LogP contribution in [-0.4, -0.2) is 24.5 Å². The zero-order chi connectivity index (χ0) is 16.6. The van der Waals surface area contributed by atoms with Gasteiger partial charge in [-0.2, -0.15) is 0 Å². The lowest BCUT2D eigenvalue weighted by molar-refractivity contribution is 0.210. The van der Waals surface area contributed by atoms with Gasteiger partial charge in [0.15, 0.2) is 0 Å². The van der Waals surface area contributed by atoms with Crippen LogP contribution in [-0.2, 0) is 0 Å². The summed E-state index contributed by atoms with van der Waals surface area (Å²) < 4.78 is 0. The second kappa shape index (κ2) is 9.03. The first-order chi connectivity index (χ1) is 11.8. The maximum atomic E-state index is 2.71. The van der Waals surface area contributed by atoms with Crippen molar-refractivity contribution in [3.8, 4) is 0 Å². The summed E-state index contributed by atoms with van der Waals surface area (Å²) in [5, 5.41) is 0. The Labute approximate surface area is 147 Å². The largest absolute Gasteiger partial charge is 0.303 e. The van der Waals surface area contributed by atoms with Gasteiger partial charge in [-0.05, 0) is 43.0 Å². The third kappa shape index (κ3) is 4.70. The lowest BCUT2D eigenvalue weighted by Gasteiger charge is -2.32. The van der Waals surface area contributed by atoms with Gasteiger partial charge in [0.2, 0.25) is 0 Å². The van der Waals surface area contributed by atoms with Gasteiger partial charge in [-0.3, -0.25) is 0 Å². The van der Waals surface area contributed by atoms with Gasteiger partial charge in [-0.15, -0.1) is 0 Å². The molecule has 1 saturated heterocycles. The quantitative estimate of drug-likeness (QED) is 0.680. The maximum absolute atomic E-state index is 2.71. The van der Waals surface area contributed by atoms with Crippen molar-refractivity contribution in [2.24, 2.45) is 5.92 Å². The molecule has 3 rings (SSSR count). The van der Waals surface area contributed by atoms with E-state index in [-0.39, 0.29) is 0 Å². The van der Waals surface area contributed by atoms with Crippen LogP contribution in [0.1, 0.15) is 56.1 Å². The van der Waals surface area contributed by atoms with E-state index in [1.807, 2.05) is 0 Å². The van der Waals surface area contributed by atoms with Gasteiger partial charge in [0.25, 0.3) is 0 Å². The van der Waals surface area contributed by atoms with E-state index in [2.05, 4.69) is 72.5 Å². The van der Waals surface area contributed by atoms with Crippen LogP contribution in [0.3, 0.4) is 0 Å². The maximum Gasteiger partial charge on any atom is 0.0127 e.